The van der Waals surface area contributed by atoms with Crippen molar-refractivity contribution >= 4 is 32.7 Å². The van der Waals surface area contributed by atoms with Crippen LogP contribution in [0.3, 0.4) is 0 Å². The van der Waals surface area contributed by atoms with E-state index in [0.29, 0.717) is 17.6 Å². The number of anilines is 1. The lowest BCUT2D eigenvalue weighted by Gasteiger charge is -2.20. The molecule has 0 saturated carbocycles. The van der Waals surface area contributed by atoms with Crippen molar-refractivity contribution in [1.29, 1.82) is 0 Å². The van der Waals surface area contributed by atoms with Crippen LogP contribution in [0.1, 0.15) is 31.4 Å². The van der Waals surface area contributed by atoms with E-state index in [-0.39, 0.29) is 16.4 Å². The van der Waals surface area contributed by atoms with Gasteiger partial charge < -0.3 is 9.73 Å². The van der Waals surface area contributed by atoms with E-state index in [1.54, 1.807) is 6.07 Å². The quantitative estimate of drug-likeness (QED) is 0.581. The third-order valence-electron chi connectivity index (χ3n) is 5.17. The van der Waals surface area contributed by atoms with Gasteiger partial charge in [0.05, 0.1) is 10.4 Å². The highest BCUT2D eigenvalue weighted by Crippen LogP contribution is 2.20. The fourth-order valence-electron chi connectivity index (χ4n) is 3.27. The molecule has 0 aliphatic heterocycles. The number of carbonyl (C=O) groups is 1. The number of hydrogen-bond donors (Lipinski definition) is 2. The Morgan fingerprint density at radius 1 is 1.10 bits per heavy atom. The standard InChI is InChI=1S/C22H27N3O5S/c1-13(2)10-18(21(26)23-16-7-6-14(3)15(4)11-16)24-31(28,29)17-8-9-19-20(12-17)30-22(27)25(19)5/h6-9,11-13,18,24H,10H2,1-5H3,(H,23,26). The molecule has 2 N–H and O–H groups in total. The van der Waals surface area contributed by atoms with Crippen molar-refractivity contribution in [2.75, 3.05) is 5.32 Å². The molecule has 1 unspecified atom stereocenters. The van der Waals surface area contributed by atoms with Crippen LogP contribution >= 0.6 is 0 Å². The summed E-state index contributed by atoms with van der Waals surface area (Å²) in [7, 11) is -2.50. The first-order valence-electron chi connectivity index (χ1n) is 9.98. The van der Waals surface area contributed by atoms with Crippen LogP contribution in [0.2, 0.25) is 0 Å². The van der Waals surface area contributed by atoms with Crippen molar-refractivity contribution in [1.82, 2.24) is 9.29 Å². The fraction of sp³-hybridized carbons (Fsp3) is 0.364. The first-order chi connectivity index (χ1) is 14.5. The lowest BCUT2D eigenvalue weighted by molar-refractivity contribution is -0.118. The molecule has 2 aromatic carbocycles. The van der Waals surface area contributed by atoms with Crippen molar-refractivity contribution in [2.45, 2.75) is 45.1 Å². The van der Waals surface area contributed by atoms with Gasteiger partial charge in [-0.3, -0.25) is 9.36 Å². The van der Waals surface area contributed by atoms with Crippen molar-refractivity contribution in [2.24, 2.45) is 13.0 Å². The minimum Gasteiger partial charge on any atom is -0.408 e. The van der Waals surface area contributed by atoms with Crippen LogP contribution in [0.15, 0.2) is 50.5 Å². The van der Waals surface area contributed by atoms with Gasteiger partial charge in [0.15, 0.2) is 5.58 Å². The fourth-order valence-corrected chi connectivity index (χ4v) is 4.49. The van der Waals surface area contributed by atoms with Crippen LogP contribution < -0.4 is 15.8 Å². The molecule has 1 aromatic heterocycles. The molecular weight excluding hydrogens is 418 g/mol. The van der Waals surface area contributed by atoms with Gasteiger partial charge >= 0.3 is 5.76 Å². The lowest BCUT2D eigenvalue weighted by atomic mass is 10.0. The number of sulfonamides is 1. The predicted molar refractivity (Wildman–Crippen MR) is 120 cm³/mol. The number of nitrogens with one attached hydrogen (secondary N) is 2. The van der Waals surface area contributed by atoms with E-state index in [9.17, 15) is 18.0 Å². The van der Waals surface area contributed by atoms with E-state index in [1.165, 1.54) is 29.8 Å². The van der Waals surface area contributed by atoms with Gasteiger partial charge in [-0.2, -0.15) is 4.72 Å². The molecular formula is C22H27N3O5S. The molecule has 3 aromatic rings. The summed E-state index contributed by atoms with van der Waals surface area (Å²) in [6.45, 7) is 7.74. The Balaban J connectivity index is 1.87. The van der Waals surface area contributed by atoms with Gasteiger partial charge in [-0.15, -0.1) is 0 Å². The number of oxazole rings is 1. The minimum atomic E-state index is -4.03. The summed E-state index contributed by atoms with van der Waals surface area (Å²) in [5, 5.41) is 2.80. The Bertz CT molecular complexity index is 1290. The Hall–Kier alpha value is -2.91. The molecule has 0 spiro atoms. The summed E-state index contributed by atoms with van der Waals surface area (Å²) in [6, 6.07) is 8.73. The molecule has 0 radical (unpaired) electrons. The number of benzene rings is 2. The van der Waals surface area contributed by atoms with E-state index in [0.717, 1.165) is 11.1 Å². The maximum Gasteiger partial charge on any atom is 0.419 e. The first-order valence-corrected chi connectivity index (χ1v) is 11.5. The van der Waals surface area contributed by atoms with Gasteiger partial charge in [0, 0.05) is 18.8 Å². The number of carbonyl (C=O) groups excluding carboxylic acids is 1. The molecule has 166 valence electrons. The van der Waals surface area contributed by atoms with Crippen LogP contribution in [0.25, 0.3) is 11.1 Å². The summed E-state index contributed by atoms with van der Waals surface area (Å²) in [5.74, 6) is -0.941. The van der Waals surface area contributed by atoms with Crippen LogP contribution in [0.5, 0.6) is 0 Å². The molecule has 0 aliphatic rings. The lowest BCUT2D eigenvalue weighted by Crippen LogP contribution is -2.44. The zero-order valence-electron chi connectivity index (χ0n) is 18.2. The second-order valence-corrected chi connectivity index (χ2v) is 9.86. The number of hydrogen-bond acceptors (Lipinski definition) is 5. The zero-order chi connectivity index (χ0) is 22.9. The highest BCUT2D eigenvalue weighted by atomic mass is 32.2. The smallest absolute Gasteiger partial charge is 0.408 e. The molecule has 8 nitrogen and oxygen atoms in total. The van der Waals surface area contributed by atoms with Gasteiger partial charge in [0.1, 0.15) is 6.04 Å². The average Bonchev–Trinajstić information content (AvgIpc) is 2.97. The topological polar surface area (TPSA) is 110 Å². The van der Waals surface area contributed by atoms with Crippen LogP contribution in [0.4, 0.5) is 5.69 Å². The molecule has 1 heterocycles. The maximum absolute atomic E-state index is 13.0. The largest absolute Gasteiger partial charge is 0.419 e. The molecule has 3 rings (SSSR count). The number of rotatable bonds is 7. The molecule has 0 bridgehead atoms. The van der Waals surface area contributed by atoms with Crippen molar-refractivity contribution in [3.8, 4) is 0 Å². The predicted octanol–water partition coefficient (Wildman–Crippen LogP) is 3.08. The van der Waals surface area contributed by atoms with Gasteiger partial charge in [-0.25, -0.2) is 13.2 Å². The van der Waals surface area contributed by atoms with Gasteiger partial charge in [-0.1, -0.05) is 19.9 Å². The Labute approximate surface area is 181 Å². The Morgan fingerprint density at radius 3 is 2.45 bits per heavy atom. The van der Waals surface area contributed by atoms with Gasteiger partial charge in [0.25, 0.3) is 0 Å². The molecule has 1 atom stereocenters. The SMILES string of the molecule is Cc1ccc(NC(=O)C(CC(C)C)NS(=O)(=O)c2ccc3c(c2)oc(=O)n3C)cc1C. The number of aryl methyl sites for hydroxylation is 3. The van der Waals surface area contributed by atoms with E-state index in [1.807, 2.05) is 39.8 Å². The molecule has 0 fully saturated rings. The molecule has 1 amide bonds. The normalized spacial score (nSPS) is 13.0. The summed E-state index contributed by atoms with van der Waals surface area (Å²) in [4.78, 5) is 24.5. The minimum absolute atomic E-state index is 0.0767. The van der Waals surface area contributed by atoms with E-state index < -0.39 is 27.7 Å². The van der Waals surface area contributed by atoms with Crippen molar-refractivity contribution in [3.05, 3.63) is 58.1 Å². The maximum atomic E-state index is 13.0. The number of amides is 1. The van der Waals surface area contributed by atoms with Crippen molar-refractivity contribution in [3.63, 3.8) is 0 Å². The van der Waals surface area contributed by atoms with Gasteiger partial charge in [-0.05, 0) is 61.6 Å². The van der Waals surface area contributed by atoms with E-state index >= 15 is 0 Å². The van der Waals surface area contributed by atoms with E-state index in [2.05, 4.69) is 10.0 Å². The third-order valence-corrected chi connectivity index (χ3v) is 6.64. The summed E-state index contributed by atoms with van der Waals surface area (Å²) >= 11 is 0. The summed E-state index contributed by atoms with van der Waals surface area (Å²) in [6.07, 6.45) is 0.318. The Kier molecular flexibility index (Phi) is 6.38. The molecule has 0 saturated heterocycles. The summed E-state index contributed by atoms with van der Waals surface area (Å²) in [5.41, 5.74) is 3.37. The monoisotopic (exact) mass is 445 g/mol. The summed E-state index contributed by atoms with van der Waals surface area (Å²) < 4.78 is 34.9. The van der Waals surface area contributed by atoms with Crippen molar-refractivity contribution < 1.29 is 17.6 Å². The van der Waals surface area contributed by atoms with Gasteiger partial charge in [0.2, 0.25) is 15.9 Å². The zero-order valence-corrected chi connectivity index (χ0v) is 19.0. The van der Waals surface area contributed by atoms with Crippen LogP contribution in [-0.2, 0) is 21.9 Å². The highest BCUT2D eigenvalue weighted by Gasteiger charge is 2.27. The highest BCUT2D eigenvalue weighted by molar-refractivity contribution is 7.89. The second-order valence-electron chi connectivity index (χ2n) is 8.15. The molecule has 9 heteroatoms. The second kappa shape index (κ2) is 8.68. The third kappa shape index (κ3) is 5.05. The van der Waals surface area contributed by atoms with E-state index in [4.69, 9.17) is 4.42 Å². The van der Waals surface area contributed by atoms with Crippen LogP contribution in [0, 0.1) is 19.8 Å². The average molecular weight is 446 g/mol. The molecule has 0 aliphatic carbocycles. The molecule has 31 heavy (non-hydrogen) atoms. The number of fused-ring (bicyclic) bond motifs is 1. The first kappa shape index (κ1) is 22.8. The Morgan fingerprint density at radius 2 is 1.81 bits per heavy atom. The number of nitrogens with zero attached hydrogens (tertiary/aromatic N) is 1. The number of aromatic nitrogens is 1. The van der Waals surface area contributed by atoms with Crippen LogP contribution in [-0.4, -0.2) is 24.9 Å².